The lowest BCUT2D eigenvalue weighted by Gasteiger charge is -2.22. The maximum absolute atomic E-state index is 3.75. The molecule has 2 aliphatic rings. The molecule has 0 aliphatic heterocycles. The summed E-state index contributed by atoms with van der Waals surface area (Å²) in [7, 11) is 0. The summed E-state index contributed by atoms with van der Waals surface area (Å²) in [5, 5.41) is 0. The number of halogens is 2. The summed E-state index contributed by atoms with van der Waals surface area (Å²) in [6.45, 7) is 13.9. The first kappa shape index (κ1) is 26.1. The number of fused-ring (bicyclic) bond motifs is 6. The molecule has 0 radical (unpaired) electrons. The molecular formula is C36H36Br2. The lowest BCUT2D eigenvalue weighted by molar-refractivity contribution is 0.589. The Morgan fingerprint density at radius 3 is 1.26 bits per heavy atom. The van der Waals surface area contributed by atoms with E-state index >= 15 is 0 Å². The van der Waals surface area contributed by atoms with Gasteiger partial charge in [-0.2, -0.15) is 0 Å². The topological polar surface area (TPSA) is 0 Å². The van der Waals surface area contributed by atoms with Crippen molar-refractivity contribution in [2.24, 2.45) is 0 Å². The number of hydrogen-bond donors (Lipinski definition) is 0. The van der Waals surface area contributed by atoms with Crippen molar-refractivity contribution in [2.75, 3.05) is 0 Å². The second-order valence-corrected chi connectivity index (χ2v) is 15.1. The molecule has 4 aromatic rings. The third kappa shape index (κ3) is 4.42. The van der Waals surface area contributed by atoms with E-state index in [4.69, 9.17) is 0 Å². The smallest absolute Gasteiger partial charge is 0.0178 e. The van der Waals surface area contributed by atoms with Gasteiger partial charge in [-0.05, 0) is 104 Å². The van der Waals surface area contributed by atoms with Gasteiger partial charge >= 0.3 is 0 Å². The van der Waals surface area contributed by atoms with E-state index in [1.54, 1.807) is 0 Å². The first-order chi connectivity index (χ1) is 17.9. The molecule has 2 heteroatoms. The summed E-state index contributed by atoms with van der Waals surface area (Å²) in [4.78, 5) is 0. The van der Waals surface area contributed by atoms with Gasteiger partial charge in [-0.15, -0.1) is 0 Å². The van der Waals surface area contributed by atoms with Crippen molar-refractivity contribution in [3.8, 4) is 22.3 Å². The minimum Gasteiger partial charge on any atom is -0.0582 e. The molecule has 0 bridgehead atoms. The van der Waals surface area contributed by atoms with Gasteiger partial charge in [0.2, 0.25) is 0 Å². The van der Waals surface area contributed by atoms with Crippen LogP contribution in [0.2, 0.25) is 0 Å². The average Bonchev–Trinajstić information content (AvgIpc) is 3.32. The minimum absolute atomic E-state index is 0.132. The van der Waals surface area contributed by atoms with Crippen LogP contribution in [0, 0.1) is 0 Å². The second-order valence-electron chi connectivity index (χ2n) is 13.2. The first-order valence-electron chi connectivity index (χ1n) is 13.8. The van der Waals surface area contributed by atoms with Gasteiger partial charge in [-0.1, -0.05) is 122 Å². The van der Waals surface area contributed by atoms with Crippen LogP contribution in [0.5, 0.6) is 0 Å². The third-order valence-electron chi connectivity index (χ3n) is 8.69. The molecule has 0 atom stereocenters. The molecule has 0 N–H and O–H groups in total. The normalized spacial score (nSPS) is 14.8. The van der Waals surface area contributed by atoms with Crippen LogP contribution in [0.15, 0.2) is 81.7 Å². The number of rotatable bonds is 3. The number of hydrogen-bond acceptors (Lipinski definition) is 0. The fourth-order valence-corrected chi connectivity index (χ4v) is 7.30. The fraction of sp³-hybridized carbons (Fsp3) is 0.333. The molecule has 0 nitrogen and oxygen atoms in total. The van der Waals surface area contributed by atoms with Gasteiger partial charge in [0.15, 0.2) is 0 Å². The van der Waals surface area contributed by atoms with Gasteiger partial charge in [-0.3, -0.25) is 0 Å². The highest BCUT2D eigenvalue weighted by Gasteiger charge is 2.34. The molecule has 6 rings (SSSR count). The maximum atomic E-state index is 3.75. The van der Waals surface area contributed by atoms with Crippen LogP contribution < -0.4 is 0 Å². The Kier molecular flexibility index (Phi) is 6.32. The van der Waals surface area contributed by atoms with E-state index in [0.717, 1.165) is 21.8 Å². The maximum Gasteiger partial charge on any atom is 0.0178 e. The van der Waals surface area contributed by atoms with E-state index in [-0.39, 0.29) is 10.8 Å². The fourth-order valence-electron chi connectivity index (χ4n) is 6.54. The molecule has 4 aromatic carbocycles. The monoisotopic (exact) mass is 626 g/mol. The molecule has 0 fully saturated rings. The van der Waals surface area contributed by atoms with Crippen molar-refractivity contribution in [1.29, 1.82) is 0 Å². The van der Waals surface area contributed by atoms with Crippen molar-refractivity contribution in [2.45, 2.75) is 77.0 Å². The summed E-state index contributed by atoms with van der Waals surface area (Å²) in [6.07, 6.45) is 2.25. The Balaban J connectivity index is 1.42. The Hall–Kier alpha value is -2.16. The molecule has 0 heterocycles. The van der Waals surface area contributed by atoms with Crippen molar-refractivity contribution < 1.29 is 0 Å². The quantitative estimate of drug-likeness (QED) is 0.212. The second kappa shape index (κ2) is 9.20. The summed E-state index contributed by atoms with van der Waals surface area (Å²) < 4.78 is 2.32. The predicted octanol–water partition coefficient (Wildman–Crippen LogP) is 11.5. The molecule has 0 amide bonds. The molecule has 0 saturated heterocycles. The Morgan fingerprint density at radius 2 is 0.868 bits per heavy atom. The van der Waals surface area contributed by atoms with Gasteiger partial charge in [-0.25, -0.2) is 0 Å². The summed E-state index contributed by atoms with van der Waals surface area (Å²) >= 11 is 7.50. The average molecular weight is 628 g/mol. The largest absolute Gasteiger partial charge is 0.0582 e. The molecule has 2 aliphatic carbocycles. The summed E-state index contributed by atoms with van der Waals surface area (Å²) in [6, 6.07) is 28.2. The van der Waals surface area contributed by atoms with E-state index in [2.05, 4.69) is 146 Å². The van der Waals surface area contributed by atoms with Crippen LogP contribution in [-0.4, -0.2) is 0 Å². The van der Waals surface area contributed by atoms with Gasteiger partial charge in [0, 0.05) is 20.8 Å². The molecule has 194 valence electrons. The van der Waals surface area contributed by atoms with Crippen molar-refractivity contribution in [3.63, 3.8) is 0 Å². The van der Waals surface area contributed by atoms with Gasteiger partial charge in [0.25, 0.3) is 0 Å². The van der Waals surface area contributed by atoms with Crippen LogP contribution in [0.25, 0.3) is 22.3 Å². The Labute approximate surface area is 245 Å². The summed E-state index contributed by atoms with van der Waals surface area (Å²) in [5.41, 5.74) is 14.7. The van der Waals surface area contributed by atoms with Gasteiger partial charge in [0.05, 0.1) is 0 Å². The zero-order valence-electron chi connectivity index (χ0n) is 23.3. The minimum atomic E-state index is 0.132. The molecule has 0 unspecified atom stereocenters. The van der Waals surface area contributed by atoms with E-state index < -0.39 is 0 Å². The lowest BCUT2D eigenvalue weighted by Crippen LogP contribution is -2.11. The predicted molar refractivity (Wildman–Crippen MR) is 169 cm³/mol. The van der Waals surface area contributed by atoms with E-state index in [1.165, 1.54) is 55.6 Å². The Morgan fingerprint density at radius 1 is 0.474 bits per heavy atom. The van der Waals surface area contributed by atoms with Crippen LogP contribution in [-0.2, 0) is 10.8 Å². The zero-order chi connectivity index (χ0) is 27.0. The molecule has 0 spiro atoms. The third-order valence-corrected chi connectivity index (χ3v) is 9.68. The van der Waals surface area contributed by atoms with Crippen molar-refractivity contribution in [3.05, 3.63) is 115 Å². The summed E-state index contributed by atoms with van der Waals surface area (Å²) in [5.74, 6) is 0.833. The zero-order valence-corrected chi connectivity index (χ0v) is 26.4. The highest BCUT2D eigenvalue weighted by molar-refractivity contribution is 9.10. The van der Waals surface area contributed by atoms with Crippen LogP contribution in [0.3, 0.4) is 0 Å². The van der Waals surface area contributed by atoms with E-state index in [1.807, 2.05) is 0 Å². The standard InChI is InChI=1S/C36H36Br2/c1-35(2,3)21-7-11-26-25(27-12-8-22(36(4,5)6)18-32(27)31(26)17-21)15-16-30-33-19-23(37)9-13-28(33)29-14-10-24(38)20-34(29)30/h7-14,17-20,25,30H,15-16H2,1-6H3. The highest BCUT2D eigenvalue weighted by Crippen LogP contribution is 2.53. The molecule has 38 heavy (non-hydrogen) atoms. The van der Waals surface area contributed by atoms with Crippen molar-refractivity contribution >= 4 is 31.9 Å². The molecule has 0 aromatic heterocycles. The van der Waals surface area contributed by atoms with Crippen LogP contribution in [0.4, 0.5) is 0 Å². The highest BCUT2D eigenvalue weighted by atomic mass is 79.9. The lowest BCUT2D eigenvalue weighted by atomic mass is 9.82. The van der Waals surface area contributed by atoms with Gasteiger partial charge in [0.1, 0.15) is 0 Å². The van der Waals surface area contributed by atoms with E-state index in [0.29, 0.717) is 11.8 Å². The molecule has 0 saturated carbocycles. The van der Waals surface area contributed by atoms with E-state index in [9.17, 15) is 0 Å². The van der Waals surface area contributed by atoms with Crippen LogP contribution >= 0.6 is 31.9 Å². The van der Waals surface area contributed by atoms with Crippen LogP contribution in [0.1, 0.15) is 99.6 Å². The van der Waals surface area contributed by atoms with Crippen molar-refractivity contribution in [1.82, 2.24) is 0 Å². The SMILES string of the molecule is CC(C)(C)c1ccc2c(c1)-c1cc(C(C)(C)C)ccc1C2CCC1c2cc(Br)ccc2-c2ccc(Br)cc21. The van der Waals surface area contributed by atoms with Gasteiger partial charge < -0.3 is 0 Å². The Bertz CT molecular complexity index is 1450. The number of benzene rings is 4. The molecular weight excluding hydrogens is 592 g/mol. The first-order valence-corrected chi connectivity index (χ1v) is 15.4.